The van der Waals surface area contributed by atoms with E-state index in [0.29, 0.717) is 10.8 Å². The number of nitrogens with zero attached hydrogens (tertiary/aromatic N) is 2. The van der Waals surface area contributed by atoms with E-state index in [4.69, 9.17) is 16.3 Å². The molecule has 10 heteroatoms. The highest BCUT2D eigenvalue weighted by molar-refractivity contribution is 7.92. The molecule has 39 heavy (non-hydrogen) atoms. The lowest BCUT2D eigenvalue weighted by molar-refractivity contribution is -0.139. The molecule has 0 saturated heterocycles. The van der Waals surface area contributed by atoms with E-state index in [2.05, 4.69) is 5.32 Å². The SMILES string of the molecule is COc1cccc(CN(C(=O)CN(c2cccc(Cl)c2)S(=O)(=O)c2ccc(C)cc2)[C@@H](C)C(=O)NC(C)C)c1. The minimum absolute atomic E-state index is 0.0332. The highest BCUT2D eigenvalue weighted by atomic mass is 35.5. The van der Waals surface area contributed by atoms with Crippen LogP contribution in [-0.2, 0) is 26.2 Å². The van der Waals surface area contributed by atoms with Gasteiger partial charge in [-0.25, -0.2) is 8.42 Å². The number of carbonyl (C=O) groups is 2. The Hall–Kier alpha value is -3.56. The molecular formula is C29H34ClN3O5S. The third-order valence-electron chi connectivity index (χ3n) is 6.07. The van der Waals surface area contributed by atoms with Crippen molar-refractivity contribution in [2.75, 3.05) is 18.0 Å². The minimum atomic E-state index is -4.16. The lowest BCUT2D eigenvalue weighted by atomic mass is 10.1. The summed E-state index contributed by atoms with van der Waals surface area (Å²) in [4.78, 5) is 28.3. The van der Waals surface area contributed by atoms with Crippen LogP contribution < -0.4 is 14.4 Å². The van der Waals surface area contributed by atoms with Gasteiger partial charge in [-0.3, -0.25) is 13.9 Å². The molecule has 0 heterocycles. The fraction of sp³-hybridized carbons (Fsp3) is 0.310. The van der Waals surface area contributed by atoms with E-state index in [9.17, 15) is 18.0 Å². The molecule has 3 aromatic rings. The Kier molecular flexibility index (Phi) is 9.99. The summed E-state index contributed by atoms with van der Waals surface area (Å²) in [7, 11) is -2.62. The van der Waals surface area contributed by atoms with E-state index in [0.717, 1.165) is 15.4 Å². The molecule has 0 unspecified atom stereocenters. The van der Waals surface area contributed by atoms with Crippen LogP contribution in [0.15, 0.2) is 77.7 Å². The molecule has 208 valence electrons. The Morgan fingerprint density at radius 3 is 2.26 bits per heavy atom. The van der Waals surface area contributed by atoms with Gasteiger partial charge in [0.1, 0.15) is 18.3 Å². The van der Waals surface area contributed by atoms with Crippen LogP contribution in [0.4, 0.5) is 5.69 Å². The molecule has 1 N–H and O–H groups in total. The van der Waals surface area contributed by atoms with Crippen molar-refractivity contribution >= 4 is 39.1 Å². The Labute approximate surface area is 235 Å². The topological polar surface area (TPSA) is 96.0 Å². The van der Waals surface area contributed by atoms with Gasteiger partial charge in [-0.15, -0.1) is 0 Å². The Bertz CT molecular complexity index is 1410. The maximum absolute atomic E-state index is 13.9. The van der Waals surface area contributed by atoms with Crippen molar-refractivity contribution < 1.29 is 22.7 Å². The number of sulfonamides is 1. The van der Waals surface area contributed by atoms with Gasteiger partial charge in [0, 0.05) is 17.6 Å². The second-order valence-corrected chi connectivity index (χ2v) is 11.8. The molecule has 0 aromatic heterocycles. The maximum atomic E-state index is 13.9. The van der Waals surface area contributed by atoms with Gasteiger partial charge >= 0.3 is 0 Å². The maximum Gasteiger partial charge on any atom is 0.264 e. The number of benzene rings is 3. The van der Waals surface area contributed by atoms with Gasteiger partial charge in [-0.05, 0) is 75.7 Å². The summed E-state index contributed by atoms with van der Waals surface area (Å²) in [5.41, 5.74) is 1.86. The lowest BCUT2D eigenvalue weighted by Gasteiger charge is -2.32. The molecule has 3 rings (SSSR count). The summed E-state index contributed by atoms with van der Waals surface area (Å²) in [6, 6.07) is 18.8. The van der Waals surface area contributed by atoms with E-state index in [1.807, 2.05) is 26.8 Å². The van der Waals surface area contributed by atoms with Crippen molar-refractivity contribution in [3.05, 3.63) is 88.9 Å². The number of nitrogens with one attached hydrogen (secondary N) is 1. The number of aryl methyl sites for hydroxylation is 1. The highest BCUT2D eigenvalue weighted by Crippen LogP contribution is 2.27. The summed E-state index contributed by atoms with van der Waals surface area (Å²) in [6.45, 7) is 6.65. The number of halogens is 1. The first-order valence-corrected chi connectivity index (χ1v) is 14.3. The second-order valence-electron chi connectivity index (χ2n) is 9.52. The zero-order valence-corrected chi connectivity index (χ0v) is 24.3. The molecule has 0 aliphatic rings. The Balaban J connectivity index is 2.04. The molecule has 0 spiro atoms. The van der Waals surface area contributed by atoms with Gasteiger partial charge in [-0.2, -0.15) is 0 Å². The first kappa shape index (κ1) is 30.0. The lowest BCUT2D eigenvalue weighted by Crippen LogP contribution is -2.52. The van der Waals surface area contributed by atoms with Crippen LogP contribution in [0.3, 0.4) is 0 Å². The summed E-state index contributed by atoms with van der Waals surface area (Å²) in [5.74, 6) is -0.307. The quantitative estimate of drug-likeness (QED) is 0.357. The van der Waals surface area contributed by atoms with E-state index in [1.54, 1.807) is 62.6 Å². The molecule has 2 amide bonds. The van der Waals surface area contributed by atoms with Crippen LogP contribution in [0, 0.1) is 6.92 Å². The zero-order valence-electron chi connectivity index (χ0n) is 22.7. The van der Waals surface area contributed by atoms with E-state index >= 15 is 0 Å². The molecule has 0 saturated carbocycles. The van der Waals surface area contributed by atoms with Crippen molar-refractivity contribution in [2.24, 2.45) is 0 Å². The third-order valence-corrected chi connectivity index (χ3v) is 8.09. The van der Waals surface area contributed by atoms with Crippen LogP contribution in [0.25, 0.3) is 0 Å². The number of anilines is 1. The molecule has 0 fully saturated rings. The number of carbonyl (C=O) groups excluding carboxylic acids is 2. The van der Waals surface area contributed by atoms with Crippen molar-refractivity contribution in [1.82, 2.24) is 10.2 Å². The number of hydrogen-bond acceptors (Lipinski definition) is 5. The molecule has 8 nitrogen and oxygen atoms in total. The minimum Gasteiger partial charge on any atom is -0.497 e. The van der Waals surface area contributed by atoms with Crippen molar-refractivity contribution in [1.29, 1.82) is 0 Å². The van der Waals surface area contributed by atoms with Gasteiger partial charge in [-0.1, -0.05) is 47.5 Å². The van der Waals surface area contributed by atoms with Crippen molar-refractivity contribution in [2.45, 2.75) is 51.2 Å². The molecule has 0 aliphatic heterocycles. The van der Waals surface area contributed by atoms with Crippen LogP contribution in [-0.4, -0.2) is 50.9 Å². The first-order chi connectivity index (χ1) is 18.4. The average Bonchev–Trinajstić information content (AvgIpc) is 2.89. The summed E-state index contributed by atoms with van der Waals surface area (Å²) in [5, 5.41) is 3.15. The Morgan fingerprint density at radius 2 is 1.64 bits per heavy atom. The van der Waals surface area contributed by atoms with Crippen LogP contribution in [0.5, 0.6) is 5.75 Å². The fourth-order valence-electron chi connectivity index (χ4n) is 3.95. The predicted molar refractivity (Wildman–Crippen MR) is 153 cm³/mol. The predicted octanol–water partition coefficient (Wildman–Crippen LogP) is 4.79. The fourth-order valence-corrected chi connectivity index (χ4v) is 5.54. The largest absolute Gasteiger partial charge is 0.497 e. The van der Waals surface area contributed by atoms with Gasteiger partial charge in [0.15, 0.2) is 0 Å². The molecular weight excluding hydrogens is 538 g/mol. The third kappa shape index (κ3) is 7.74. The van der Waals surface area contributed by atoms with E-state index < -0.39 is 28.5 Å². The number of ether oxygens (including phenoxy) is 1. The van der Waals surface area contributed by atoms with E-state index in [-0.39, 0.29) is 29.1 Å². The number of hydrogen-bond donors (Lipinski definition) is 1. The van der Waals surface area contributed by atoms with Crippen molar-refractivity contribution in [3.8, 4) is 5.75 Å². The van der Waals surface area contributed by atoms with Crippen LogP contribution in [0.1, 0.15) is 31.9 Å². The molecule has 3 aromatic carbocycles. The van der Waals surface area contributed by atoms with Gasteiger partial charge in [0.2, 0.25) is 11.8 Å². The molecule has 1 atom stereocenters. The highest BCUT2D eigenvalue weighted by Gasteiger charge is 2.32. The first-order valence-electron chi connectivity index (χ1n) is 12.5. The standard InChI is InChI=1S/C29H34ClN3O5S/c1-20(2)31-29(35)22(4)32(18-23-8-6-11-26(16-23)38-5)28(34)19-33(25-10-7-9-24(30)17-25)39(36,37)27-14-12-21(3)13-15-27/h6-17,20,22H,18-19H2,1-5H3,(H,31,35)/t22-/m0/s1. The normalized spacial score (nSPS) is 12.1. The number of methoxy groups -OCH3 is 1. The molecule has 0 bridgehead atoms. The van der Waals surface area contributed by atoms with E-state index in [1.165, 1.54) is 23.1 Å². The molecule has 0 radical (unpaired) electrons. The zero-order chi connectivity index (χ0) is 28.7. The molecule has 0 aliphatic carbocycles. The Morgan fingerprint density at radius 1 is 0.974 bits per heavy atom. The summed E-state index contributed by atoms with van der Waals surface area (Å²) >= 11 is 6.20. The monoisotopic (exact) mass is 571 g/mol. The summed E-state index contributed by atoms with van der Waals surface area (Å²) < 4.78 is 34.0. The smallest absolute Gasteiger partial charge is 0.264 e. The summed E-state index contributed by atoms with van der Waals surface area (Å²) in [6.07, 6.45) is 0. The number of amides is 2. The van der Waals surface area contributed by atoms with Gasteiger partial charge in [0.25, 0.3) is 10.0 Å². The second kappa shape index (κ2) is 13.0. The number of rotatable bonds is 11. The van der Waals surface area contributed by atoms with Crippen LogP contribution >= 0.6 is 11.6 Å². The van der Waals surface area contributed by atoms with Gasteiger partial charge < -0.3 is 15.0 Å². The van der Waals surface area contributed by atoms with Gasteiger partial charge in [0.05, 0.1) is 17.7 Å². The van der Waals surface area contributed by atoms with Crippen molar-refractivity contribution in [3.63, 3.8) is 0 Å². The van der Waals surface area contributed by atoms with Crippen LogP contribution in [0.2, 0.25) is 5.02 Å². The average molecular weight is 572 g/mol.